The largest absolute Gasteiger partial charge is 0.489 e. The first-order valence-corrected chi connectivity index (χ1v) is 6.58. The van der Waals surface area contributed by atoms with E-state index < -0.39 is 17.7 Å². The second kappa shape index (κ2) is 6.60. The predicted octanol–water partition coefficient (Wildman–Crippen LogP) is 3.65. The van der Waals surface area contributed by atoms with E-state index in [4.69, 9.17) is 10.5 Å². The third-order valence-electron chi connectivity index (χ3n) is 3.14. The number of ether oxygens (including phenoxy) is 2. The fraction of sp³-hybridized carbons (Fsp3) is 0.188. The average molecular weight is 325 g/mol. The number of halogens is 3. The molecule has 2 rings (SSSR count). The van der Waals surface area contributed by atoms with Crippen LogP contribution in [0.2, 0.25) is 0 Å². The van der Waals surface area contributed by atoms with E-state index in [1.54, 1.807) is 30.3 Å². The highest BCUT2D eigenvalue weighted by molar-refractivity contribution is 5.91. The fourth-order valence-electron chi connectivity index (χ4n) is 2.02. The summed E-state index contributed by atoms with van der Waals surface area (Å²) < 4.78 is 49.5. The molecule has 23 heavy (non-hydrogen) atoms. The molecule has 0 radical (unpaired) electrons. The Balaban J connectivity index is 2.39. The number of alkyl halides is 3. The predicted molar refractivity (Wildman–Crippen MR) is 78.0 cm³/mol. The van der Waals surface area contributed by atoms with Crippen molar-refractivity contribution in [2.45, 2.75) is 12.8 Å². The molecule has 0 amide bonds. The molecule has 0 atom stereocenters. The Morgan fingerprint density at radius 3 is 2.39 bits per heavy atom. The minimum absolute atomic E-state index is 0.184. The third-order valence-corrected chi connectivity index (χ3v) is 3.14. The highest BCUT2D eigenvalue weighted by Gasteiger charge is 2.35. The van der Waals surface area contributed by atoms with Gasteiger partial charge in [0, 0.05) is 11.3 Å². The molecule has 0 saturated carbocycles. The smallest absolute Gasteiger partial charge is 0.416 e. The number of carbonyl (C=O) groups is 1. The molecule has 0 saturated heterocycles. The number of carbonyl (C=O) groups excluding carboxylic acids is 1. The van der Waals surface area contributed by atoms with E-state index in [1.165, 1.54) is 0 Å². The number of nitrogens with two attached hydrogens (primary N) is 1. The molecule has 0 bridgehead atoms. The average Bonchev–Trinajstić information content (AvgIpc) is 2.52. The molecule has 0 unspecified atom stereocenters. The molecule has 0 aliphatic carbocycles. The molecule has 0 spiro atoms. The van der Waals surface area contributed by atoms with Crippen LogP contribution >= 0.6 is 0 Å². The normalized spacial score (nSPS) is 11.1. The molecule has 0 aliphatic rings. The molecular weight excluding hydrogens is 311 g/mol. The molecule has 122 valence electrons. The number of nitrogen functional groups attached to an aromatic ring is 1. The van der Waals surface area contributed by atoms with Gasteiger partial charge in [-0.2, -0.15) is 13.2 Å². The maximum Gasteiger partial charge on any atom is 0.416 e. The van der Waals surface area contributed by atoms with Crippen LogP contribution in [0.3, 0.4) is 0 Å². The third kappa shape index (κ3) is 3.94. The summed E-state index contributed by atoms with van der Waals surface area (Å²) in [6.07, 6.45) is -4.67. The summed E-state index contributed by atoms with van der Waals surface area (Å²) in [4.78, 5) is 11.5. The van der Waals surface area contributed by atoms with Crippen LogP contribution in [0.15, 0.2) is 42.5 Å². The van der Waals surface area contributed by atoms with Crippen molar-refractivity contribution in [2.24, 2.45) is 0 Å². The molecule has 2 aromatic rings. The Morgan fingerprint density at radius 2 is 1.83 bits per heavy atom. The molecule has 0 heterocycles. The Hall–Kier alpha value is -2.70. The van der Waals surface area contributed by atoms with Crippen molar-refractivity contribution in [3.63, 3.8) is 0 Å². The van der Waals surface area contributed by atoms with Crippen molar-refractivity contribution >= 4 is 11.7 Å². The summed E-state index contributed by atoms with van der Waals surface area (Å²) in [7, 11) is 1.08. The van der Waals surface area contributed by atoms with Crippen molar-refractivity contribution in [1.82, 2.24) is 0 Å². The Labute approximate surface area is 130 Å². The van der Waals surface area contributed by atoms with Gasteiger partial charge in [0.2, 0.25) is 0 Å². The lowest BCUT2D eigenvalue weighted by Crippen LogP contribution is -2.16. The van der Waals surface area contributed by atoms with Gasteiger partial charge in [0.25, 0.3) is 0 Å². The number of anilines is 1. The van der Waals surface area contributed by atoms with Crippen LogP contribution in [-0.4, -0.2) is 13.1 Å². The zero-order valence-corrected chi connectivity index (χ0v) is 12.2. The first-order valence-electron chi connectivity index (χ1n) is 6.58. The van der Waals surface area contributed by atoms with Gasteiger partial charge in [-0.1, -0.05) is 18.2 Å². The fourth-order valence-corrected chi connectivity index (χ4v) is 2.02. The number of hydrogen-bond donors (Lipinski definition) is 1. The second-order valence-corrected chi connectivity index (χ2v) is 4.68. The van der Waals surface area contributed by atoms with Crippen LogP contribution in [0.5, 0.6) is 5.75 Å². The maximum atomic E-state index is 13.2. The Kier molecular flexibility index (Phi) is 4.78. The van der Waals surface area contributed by atoms with Gasteiger partial charge in [0.05, 0.1) is 18.2 Å². The van der Waals surface area contributed by atoms with Gasteiger partial charge in [-0.05, 0) is 24.3 Å². The van der Waals surface area contributed by atoms with E-state index in [0.717, 1.165) is 13.2 Å². The van der Waals surface area contributed by atoms with Gasteiger partial charge in [0.1, 0.15) is 12.4 Å². The molecule has 0 fully saturated rings. The molecular formula is C16H14F3NO3. The number of hydrogen-bond acceptors (Lipinski definition) is 4. The van der Waals surface area contributed by atoms with Gasteiger partial charge < -0.3 is 15.2 Å². The molecule has 2 N–H and O–H groups in total. The monoisotopic (exact) mass is 325 g/mol. The molecule has 2 aromatic carbocycles. The van der Waals surface area contributed by atoms with Crippen molar-refractivity contribution < 1.29 is 27.4 Å². The van der Waals surface area contributed by atoms with E-state index in [1.807, 2.05) is 0 Å². The molecule has 7 heteroatoms. The zero-order valence-electron chi connectivity index (χ0n) is 12.2. The Morgan fingerprint density at radius 1 is 1.17 bits per heavy atom. The van der Waals surface area contributed by atoms with E-state index in [0.29, 0.717) is 11.8 Å². The lowest BCUT2D eigenvalue weighted by molar-refractivity contribution is -0.138. The highest BCUT2D eigenvalue weighted by atomic mass is 19.4. The van der Waals surface area contributed by atoms with Crippen molar-refractivity contribution in [3.05, 3.63) is 59.2 Å². The summed E-state index contributed by atoms with van der Waals surface area (Å²) >= 11 is 0. The number of esters is 1. The topological polar surface area (TPSA) is 61.5 Å². The summed E-state index contributed by atoms with van der Waals surface area (Å²) in [5.74, 6) is -0.477. The minimum Gasteiger partial charge on any atom is -0.489 e. The SMILES string of the molecule is COC(=O)c1cc(N)c(COc2ccccc2)c(C(F)(F)F)c1. The van der Waals surface area contributed by atoms with Crippen LogP contribution in [0.4, 0.5) is 18.9 Å². The van der Waals surface area contributed by atoms with Crippen LogP contribution in [0, 0.1) is 0 Å². The van der Waals surface area contributed by atoms with E-state index in [9.17, 15) is 18.0 Å². The van der Waals surface area contributed by atoms with Gasteiger partial charge in [-0.3, -0.25) is 0 Å². The minimum atomic E-state index is -4.67. The van der Waals surface area contributed by atoms with E-state index in [-0.39, 0.29) is 23.4 Å². The summed E-state index contributed by atoms with van der Waals surface area (Å²) in [6, 6.07) is 10.2. The van der Waals surface area contributed by atoms with Crippen LogP contribution in [0.25, 0.3) is 0 Å². The lowest BCUT2D eigenvalue weighted by Gasteiger charge is -2.17. The summed E-state index contributed by atoms with van der Waals surface area (Å²) in [5, 5.41) is 0. The first-order chi connectivity index (χ1) is 10.8. The van der Waals surface area contributed by atoms with Gasteiger partial charge in [-0.25, -0.2) is 4.79 Å². The van der Waals surface area contributed by atoms with Gasteiger partial charge in [0.15, 0.2) is 0 Å². The molecule has 0 aromatic heterocycles. The van der Waals surface area contributed by atoms with Gasteiger partial charge in [-0.15, -0.1) is 0 Å². The standard InChI is InChI=1S/C16H14F3NO3/c1-22-15(21)10-7-13(16(17,18)19)12(14(20)8-10)9-23-11-5-3-2-4-6-11/h2-8H,9,20H2,1H3. The summed E-state index contributed by atoms with van der Waals surface area (Å²) in [6.45, 7) is -0.369. The number of para-hydroxylation sites is 1. The van der Waals surface area contributed by atoms with Crippen molar-refractivity contribution in [3.8, 4) is 5.75 Å². The first kappa shape index (κ1) is 16.7. The number of rotatable bonds is 4. The molecule has 0 aliphatic heterocycles. The second-order valence-electron chi connectivity index (χ2n) is 4.68. The van der Waals surface area contributed by atoms with E-state index in [2.05, 4.69) is 4.74 Å². The highest BCUT2D eigenvalue weighted by Crippen LogP contribution is 2.36. The lowest BCUT2D eigenvalue weighted by atomic mass is 10.0. The van der Waals surface area contributed by atoms with E-state index >= 15 is 0 Å². The van der Waals surface area contributed by atoms with Crippen LogP contribution < -0.4 is 10.5 Å². The van der Waals surface area contributed by atoms with Crippen molar-refractivity contribution in [2.75, 3.05) is 12.8 Å². The summed E-state index contributed by atoms with van der Waals surface area (Å²) in [5.41, 5.74) is 3.99. The number of benzene rings is 2. The van der Waals surface area contributed by atoms with Crippen molar-refractivity contribution in [1.29, 1.82) is 0 Å². The van der Waals surface area contributed by atoms with Crippen LogP contribution in [-0.2, 0) is 17.5 Å². The zero-order chi connectivity index (χ0) is 17.0. The Bertz CT molecular complexity index is 700. The quantitative estimate of drug-likeness (QED) is 0.688. The van der Waals surface area contributed by atoms with Crippen LogP contribution in [0.1, 0.15) is 21.5 Å². The maximum absolute atomic E-state index is 13.2. The molecule has 4 nitrogen and oxygen atoms in total. The number of methoxy groups -OCH3 is 1. The van der Waals surface area contributed by atoms with Gasteiger partial charge >= 0.3 is 12.1 Å².